The van der Waals surface area contributed by atoms with Crippen LogP contribution in [0.2, 0.25) is 5.02 Å². The first kappa shape index (κ1) is 19.1. The van der Waals surface area contributed by atoms with Gasteiger partial charge in [0.05, 0.1) is 0 Å². The molecule has 0 radical (unpaired) electrons. The molecule has 1 aromatic heterocycles. The summed E-state index contributed by atoms with van der Waals surface area (Å²) in [6, 6.07) is 14.8. The molecule has 1 heterocycles. The second kappa shape index (κ2) is 8.79. The third-order valence-electron chi connectivity index (χ3n) is 3.77. The summed E-state index contributed by atoms with van der Waals surface area (Å²) < 4.78 is 5.04. The first-order valence-corrected chi connectivity index (χ1v) is 9.58. The lowest BCUT2D eigenvalue weighted by Gasteiger charge is -2.06. The number of halogens is 1. The summed E-state index contributed by atoms with van der Waals surface area (Å²) >= 11 is 7.22. The van der Waals surface area contributed by atoms with E-state index in [9.17, 15) is 9.59 Å². The number of nitrogens with zero attached hydrogens (tertiary/aromatic N) is 1. The lowest BCUT2D eigenvalue weighted by atomic mass is 10.1. The maximum Gasteiger partial charge on any atom is 0.358 e. The number of aryl methyl sites for hydroxylation is 1. The average Bonchev–Trinajstić information content (AvgIpc) is 3.16. The summed E-state index contributed by atoms with van der Waals surface area (Å²) in [5, 5.41) is 5.47. The molecule has 0 saturated carbocycles. The van der Waals surface area contributed by atoms with Crippen molar-refractivity contribution >= 4 is 40.5 Å². The molecule has 0 atom stereocenters. The lowest BCUT2D eigenvalue weighted by Crippen LogP contribution is -2.21. The molecular formula is C20H17ClN2O3S. The molecule has 0 unspecified atom stereocenters. The number of rotatable bonds is 6. The summed E-state index contributed by atoms with van der Waals surface area (Å²) in [5.41, 5.74) is 2.90. The summed E-state index contributed by atoms with van der Waals surface area (Å²) in [4.78, 5) is 28.3. The molecule has 1 N–H and O–H groups in total. The predicted molar refractivity (Wildman–Crippen MR) is 107 cm³/mol. The van der Waals surface area contributed by atoms with Crippen LogP contribution in [-0.4, -0.2) is 23.5 Å². The SMILES string of the molecule is CCc1ccc(-c2nc(C(=O)OCC(=O)Nc3cccc(Cl)c3)cs2)cc1. The number of carbonyl (C=O) groups excluding carboxylic acids is 2. The van der Waals surface area contributed by atoms with Crippen LogP contribution in [0.5, 0.6) is 0 Å². The van der Waals surface area contributed by atoms with Crippen LogP contribution in [0.4, 0.5) is 5.69 Å². The highest BCUT2D eigenvalue weighted by atomic mass is 35.5. The topological polar surface area (TPSA) is 68.3 Å². The molecule has 3 aromatic rings. The minimum Gasteiger partial charge on any atom is -0.451 e. The van der Waals surface area contributed by atoms with Gasteiger partial charge in [-0.25, -0.2) is 9.78 Å². The number of amides is 1. The molecule has 5 nitrogen and oxygen atoms in total. The van der Waals surface area contributed by atoms with E-state index in [4.69, 9.17) is 16.3 Å². The van der Waals surface area contributed by atoms with Crippen molar-refractivity contribution in [2.75, 3.05) is 11.9 Å². The summed E-state index contributed by atoms with van der Waals surface area (Å²) in [6.45, 7) is 1.69. The number of esters is 1. The molecule has 0 aliphatic heterocycles. The third-order valence-corrected chi connectivity index (χ3v) is 4.89. The van der Waals surface area contributed by atoms with E-state index in [1.165, 1.54) is 16.9 Å². The molecule has 27 heavy (non-hydrogen) atoms. The Bertz CT molecular complexity index is 954. The Balaban J connectivity index is 1.56. The minimum atomic E-state index is -0.635. The van der Waals surface area contributed by atoms with Gasteiger partial charge in [-0.3, -0.25) is 4.79 Å². The minimum absolute atomic E-state index is 0.185. The molecule has 0 spiro atoms. The Morgan fingerprint density at radius 2 is 1.96 bits per heavy atom. The van der Waals surface area contributed by atoms with Gasteiger partial charge < -0.3 is 10.1 Å². The summed E-state index contributed by atoms with van der Waals surface area (Å²) in [7, 11) is 0. The van der Waals surface area contributed by atoms with Gasteiger partial charge in [0.25, 0.3) is 5.91 Å². The quantitative estimate of drug-likeness (QED) is 0.602. The fourth-order valence-electron chi connectivity index (χ4n) is 2.35. The molecular weight excluding hydrogens is 384 g/mol. The van der Waals surface area contributed by atoms with Crippen molar-refractivity contribution in [3.05, 3.63) is 70.2 Å². The maximum atomic E-state index is 12.1. The first-order valence-electron chi connectivity index (χ1n) is 8.32. The van der Waals surface area contributed by atoms with Crippen LogP contribution in [0.25, 0.3) is 10.6 Å². The highest BCUT2D eigenvalue weighted by Crippen LogP contribution is 2.24. The number of benzene rings is 2. The zero-order valence-corrected chi connectivity index (χ0v) is 16.1. The number of nitrogens with one attached hydrogen (secondary N) is 1. The monoisotopic (exact) mass is 400 g/mol. The standard InChI is InChI=1S/C20H17ClN2O3S/c1-2-13-6-8-14(9-7-13)19-23-17(12-27-19)20(25)26-11-18(24)22-16-5-3-4-15(21)10-16/h3-10,12H,2,11H2,1H3,(H,22,24). The molecule has 0 aliphatic rings. The van der Waals surface area contributed by atoms with Crippen LogP contribution in [0.1, 0.15) is 23.0 Å². The first-order chi connectivity index (χ1) is 13.0. The predicted octanol–water partition coefficient (Wildman–Crippen LogP) is 4.82. The molecule has 2 aromatic carbocycles. The Morgan fingerprint density at radius 3 is 2.67 bits per heavy atom. The van der Waals surface area contributed by atoms with Crippen molar-refractivity contribution in [1.29, 1.82) is 0 Å². The number of ether oxygens (including phenoxy) is 1. The van der Waals surface area contributed by atoms with E-state index in [1.54, 1.807) is 29.6 Å². The molecule has 7 heteroatoms. The van der Waals surface area contributed by atoms with Crippen LogP contribution in [0, 0.1) is 0 Å². The number of aromatic nitrogens is 1. The second-order valence-electron chi connectivity index (χ2n) is 5.72. The molecule has 0 fully saturated rings. The highest BCUT2D eigenvalue weighted by molar-refractivity contribution is 7.13. The number of hydrogen-bond acceptors (Lipinski definition) is 5. The fourth-order valence-corrected chi connectivity index (χ4v) is 3.34. The van der Waals surface area contributed by atoms with Gasteiger partial charge in [-0.05, 0) is 30.2 Å². The highest BCUT2D eigenvalue weighted by Gasteiger charge is 2.15. The average molecular weight is 401 g/mol. The molecule has 0 bridgehead atoms. The Labute approximate surface area is 166 Å². The number of hydrogen-bond donors (Lipinski definition) is 1. The molecule has 1 amide bonds. The largest absolute Gasteiger partial charge is 0.451 e. The van der Waals surface area contributed by atoms with Gasteiger partial charge >= 0.3 is 5.97 Å². The Hall–Kier alpha value is -2.70. The van der Waals surface area contributed by atoms with Crippen molar-refractivity contribution in [2.24, 2.45) is 0 Å². The van der Waals surface area contributed by atoms with Crippen molar-refractivity contribution < 1.29 is 14.3 Å². The Morgan fingerprint density at radius 1 is 1.19 bits per heavy atom. The third kappa shape index (κ3) is 5.15. The van der Waals surface area contributed by atoms with Crippen molar-refractivity contribution in [3.8, 4) is 10.6 Å². The number of anilines is 1. The van der Waals surface area contributed by atoms with Crippen LogP contribution >= 0.6 is 22.9 Å². The summed E-state index contributed by atoms with van der Waals surface area (Å²) in [5.74, 6) is -1.08. The summed E-state index contributed by atoms with van der Waals surface area (Å²) in [6.07, 6.45) is 0.965. The number of carbonyl (C=O) groups is 2. The zero-order valence-electron chi connectivity index (χ0n) is 14.6. The van der Waals surface area contributed by atoms with Gasteiger partial charge in [0.15, 0.2) is 12.3 Å². The van der Waals surface area contributed by atoms with Crippen LogP contribution < -0.4 is 5.32 Å². The van der Waals surface area contributed by atoms with E-state index >= 15 is 0 Å². The maximum absolute atomic E-state index is 12.1. The molecule has 3 rings (SSSR count). The molecule has 0 aliphatic carbocycles. The smallest absolute Gasteiger partial charge is 0.358 e. The van der Waals surface area contributed by atoms with Gasteiger partial charge in [0, 0.05) is 21.7 Å². The van der Waals surface area contributed by atoms with Crippen LogP contribution in [-0.2, 0) is 16.0 Å². The van der Waals surface area contributed by atoms with Gasteiger partial charge in [-0.1, -0.05) is 48.9 Å². The van der Waals surface area contributed by atoms with E-state index in [2.05, 4.69) is 17.2 Å². The van der Waals surface area contributed by atoms with Crippen LogP contribution in [0.3, 0.4) is 0 Å². The van der Waals surface area contributed by atoms with Crippen LogP contribution in [0.15, 0.2) is 53.9 Å². The van der Waals surface area contributed by atoms with Gasteiger partial charge in [-0.2, -0.15) is 0 Å². The lowest BCUT2D eigenvalue weighted by molar-refractivity contribution is -0.119. The van der Waals surface area contributed by atoms with Crippen molar-refractivity contribution in [3.63, 3.8) is 0 Å². The normalized spacial score (nSPS) is 10.4. The van der Waals surface area contributed by atoms with E-state index in [-0.39, 0.29) is 5.69 Å². The molecule has 138 valence electrons. The van der Waals surface area contributed by atoms with E-state index in [1.807, 2.05) is 24.3 Å². The number of thiazole rings is 1. The van der Waals surface area contributed by atoms with E-state index in [0.29, 0.717) is 10.7 Å². The van der Waals surface area contributed by atoms with E-state index < -0.39 is 18.5 Å². The zero-order chi connectivity index (χ0) is 19.2. The van der Waals surface area contributed by atoms with Crippen molar-refractivity contribution in [2.45, 2.75) is 13.3 Å². The van der Waals surface area contributed by atoms with Crippen molar-refractivity contribution in [1.82, 2.24) is 4.98 Å². The second-order valence-corrected chi connectivity index (χ2v) is 7.02. The van der Waals surface area contributed by atoms with E-state index in [0.717, 1.165) is 17.0 Å². The van der Waals surface area contributed by atoms with Gasteiger partial charge in [0.2, 0.25) is 0 Å². The molecule has 0 saturated heterocycles. The van der Waals surface area contributed by atoms with Gasteiger partial charge in [-0.15, -0.1) is 11.3 Å². The Kier molecular flexibility index (Phi) is 6.21. The van der Waals surface area contributed by atoms with Gasteiger partial charge in [0.1, 0.15) is 5.01 Å². The fraction of sp³-hybridized carbons (Fsp3) is 0.150.